The van der Waals surface area contributed by atoms with Crippen LogP contribution in [0.15, 0.2) is 12.1 Å². The summed E-state index contributed by atoms with van der Waals surface area (Å²) in [6.45, 7) is 4.73. The van der Waals surface area contributed by atoms with Crippen LogP contribution >= 0.6 is 11.8 Å². The summed E-state index contributed by atoms with van der Waals surface area (Å²) in [6, 6.07) is 2.47. The minimum atomic E-state index is -0.576. The molecule has 0 amide bonds. The van der Waals surface area contributed by atoms with Gasteiger partial charge in [0, 0.05) is 29.3 Å². The van der Waals surface area contributed by atoms with Crippen LogP contribution in [0.2, 0.25) is 0 Å². The van der Waals surface area contributed by atoms with Crippen LogP contribution < -0.4 is 10.6 Å². The lowest BCUT2D eigenvalue weighted by atomic mass is 10.1. The van der Waals surface area contributed by atoms with E-state index in [-0.39, 0.29) is 17.4 Å². The van der Waals surface area contributed by atoms with Crippen molar-refractivity contribution < 1.29 is 8.78 Å². The summed E-state index contributed by atoms with van der Waals surface area (Å²) >= 11 is 1.83. The van der Waals surface area contributed by atoms with E-state index in [1.807, 2.05) is 18.7 Å². The fraction of sp³-hybridized carbons (Fsp3) is 0.500. The average molecular weight is 258 g/mol. The molecule has 17 heavy (non-hydrogen) atoms. The number of anilines is 2. The summed E-state index contributed by atoms with van der Waals surface area (Å²) in [6.07, 6.45) is 0. The molecule has 2 N–H and O–H groups in total. The van der Waals surface area contributed by atoms with Gasteiger partial charge >= 0.3 is 0 Å². The topological polar surface area (TPSA) is 29.3 Å². The molecule has 1 aromatic rings. The molecule has 1 saturated heterocycles. The minimum Gasteiger partial charge on any atom is -0.399 e. The number of halogens is 2. The summed E-state index contributed by atoms with van der Waals surface area (Å²) in [4.78, 5) is 1.80. The third kappa shape index (κ3) is 2.34. The highest BCUT2D eigenvalue weighted by molar-refractivity contribution is 8.00. The Hall–Kier alpha value is -0.970. The first-order valence-electron chi connectivity index (χ1n) is 5.63. The van der Waals surface area contributed by atoms with Gasteiger partial charge in [0.05, 0.1) is 0 Å². The van der Waals surface area contributed by atoms with Crippen molar-refractivity contribution in [1.29, 1.82) is 0 Å². The largest absolute Gasteiger partial charge is 0.399 e. The van der Waals surface area contributed by atoms with E-state index in [0.717, 1.165) is 5.75 Å². The molecule has 2 unspecified atom stereocenters. The van der Waals surface area contributed by atoms with Crippen LogP contribution in [0.4, 0.5) is 20.2 Å². The zero-order valence-corrected chi connectivity index (χ0v) is 10.7. The van der Waals surface area contributed by atoms with Crippen molar-refractivity contribution >= 4 is 23.1 Å². The van der Waals surface area contributed by atoms with Crippen LogP contribution in [-0.2, 0) is 0 Å². The van der Waals surface area contributed by atoms with Gasteiger partial charge in [-0.2, -0.15) is 11.8 Å². The third-order valence-corrected chi connectivity index (χ3v) is 4.55. The van der Waals surface area contributed by atoms with Crippen LogP contribution in [0.5, 0.6) is 0 Å². The SMILES string of the molecule is CC1SCCN(c2c(F)cc(N)cc2F)C1C. The predicted octanol–water partition coefficient (Wildman–Crippen LogP) is 2.88. The lowest BCUT2D eigenvalue weighted by Gasteiger charge is -2.39. The number of hydrogen-bond acceptors (Lipinski definition) is 3. The molecule has 1 aromatic carbocycles. The smallest absolute Gasteiger partial charge is 0.151 e. The van der Waals surface area contributed by atoms with Gasteiger partial charge in [-0.15, -0.1) is 0 Å². The fourth-order valence-electron chi connectivity index (χ4n) is 2.11. The molecule has 1 aliphatic rings. The van der Waals surface area contributed by atoms with Crippen molar-refractivity contribution in [1.82, 2.24) is 0 Å². The van der Waals surface area contributed by atoms with E-state index in [1.54, 1.807) is 4.90 Å². The molecular weight excluding hydrogens is 242 g/mol. The number of thioether (sulfide) groups is 1. The zero-order valence-electron chi connectivity index (χ0n) is 9.91. The highest BCUT2D eigenvalue weighted by atomic mass is 32.2. The number of rotatable bonds is 1. The standard InChI is InChI=1S/C12H16F2N2S/c1-7-8(2)17-4-3-16(7)12-10(13)5-9(15)6-11(12)14/h5-8H,3-4,15H2,1-2H3. The lowest BCUT2D eigenvalue weighted by molar-refractivity contribution is 0.545. The molecule has 1 fully saturated rings. The van der Waals surface area contributed by atoms with E-state index in [0.29, 0.717) is 11.8 Å². The molecule has 2 rings (SSSR count). The third-order valence-electron chi connectivity index (χ3n) is 3.21. The van der Waals surface area contributed by atoms with Crippen molar-refractivity contribution in [2.75, 3.05) is 22.9 Å². The molecule has 2 atom stereocenters. The molecular formula is C12H16F2N2S. The van der Waals surface area contributed by atoms with E-state index >= 15 is 0 Å². The van der Waals surface area contributed by atoms with Gasteiger partial charge in [-0.3, -0.25) is 0 Å². The first-order chi connectivity index (χ1) is 8.00. The molecule has 0 saturated carbocycles. The van der Waals surface area contributed by atoms with Gasteiger partial charge in [0.1, 0.15) is 5.69 Å². The normalized spacial score (nSPS) is 25.1. The molecule has 0 aromatic heterocycles. The van der Waals surface area contributed by atoms with Crippen LogP contribution in [0.1, 0.15) is 13.8 Å². The molecule has 0 radical (unpaired) electrons. The average Bonchev–Trinajstić information content (AvgIpc) is 2.23. The van der Waals surface area contributed by atoms with Crippen molar-refractivity contribution in [2.45, 2.75) is 25.1 Å². The summed E-state index contributed by atoms with van der Waals surface area (Å²) in [5.74, 6) is -0.267. The Kier molecular flexibility index (Phi) is 3.47. The molecule has 0 bridgehead atoms. The second-order valence-corrected chi connectivity index (χ2v) is 5.83. The Morgan fingerprint density at radius 2 is 1.88 bits per heavy atom. The number of nitrogens with zero attached hydrogens (tertiary/aromatic N) is 1. The molecule has 5 heteroatoms. The monoisotopic (exact) mass is 258 g/mol. The molecule has 94 valence electrons. The van der Waals surface area contributed by atoms with Crippen LogP contribution in [0, 0.1) is 11.6 Å². The molecule has 1 heterocycles. The van der Waals surface area contributed by atoms with Gasteiger partial charge < -0.3 is 10.6 Å². The number of nitrogens with two attached hydrogens (primary N) is 1. The van der Waals surface area contributed by atoms with E-state index in [1.165, 1.54) is 12.1 Å². The maximum atomic E-state index is 13.8. The number of hydrogen-bond donors (Lipinski definition) is 1. The Balaban J connectivity index is 2.39. The van der Waals surface area contributed by atoms with Crippen molar-refractivity contribution in [2.24, 2.45) is 0 Å². The Bertz CT molecular complexity index is 402. The summed E-state index contributed by atoms with van der Waals surface area (Å²) in [5, 5.41) is 0.361. The van der Waals surface area contributed by atoms with Gasteiger partial charge in [0.25, 0.3) is 0 Å². The number of benzene rings is 1. The summed E-state index contributed by atoms with van der Waals surface area (Å²) < 4.78 is 27.7. The van der Waals surface area contributed by atoms with Crippen LogP contribution in [-0.4, -0.2) is 23.6 Å². The quantitative estimate of drug-likeness (QED) is 0.785. The van der Waals surface area contributed by atoms with E-state index in [2.05, 4.69) is 6.92 Å². The van der Waals surface area contributed by atoms with Gasteiger partial charge in [-0.1, -0.05) is 6.92 Å². The van der Waals surface area contributed by atoms with Crippen molar-refractivity contribution in [3.63, 3.8) is 0 Å². The molecule has 2 nitrogen and oxygen atoms in total. The first kappa shape index (κ1) is 12.5. The van der Waals surface area contributed by atoms with Crippen LogP contribution in [0.3, 0.4) is 0 Å². The fourth-order valence-corrected chi connectivity index (χ4v) is 3.21. The lowest BCUT2D eigenvalue weighted by Crippen LogP contribution is -2.45. The molecule has 0 aliphatic carbocycles. The van der Waals surface area contributed by atoms with E-state index < -0.39 is 11.6 Å². The summed E-state index contributed by atoms with van der Waals surface area (Å²) in [7, 11) is 0. The van der Waals surface area contributed by atoms with Crippen LogP contribution in [0.25, 0.3) is 0 Å². The summed E-state index contributed by atoms with van der Waals surface area (Å²) in [5.41, 5.74) is 5.59. The highest BCUT2D eigenvalue weighted by Crippen LogP contribution is 2.33. The zero-order chi connectivity index (χ0) is 12.6. The van der Waals surface area contributed by atoms with Crippen molar-refractivity contribution in [3.8, 4) is 0 Å². The molecule has 0 spiro atoms. The highest BCUT2D eigenvalue weighted by Gasteiger charge is 2.29. The Morgan fingerprint density at radius 3 is 2.47 bits per heavy atom. The first-order valence-corrected chi connectivity index (χ1v) is 6.68. The van der Waals surface area contributed by atoms with Gasteiger partial charge in [-0.25, -0.2) is 8.78 Å². The Morgan fingerprint density at radius 1 is 1.29 bits per heavy atom. The second-order valence-electron chi connectivity index (χ2n) is 4.34. The maximum Gasteiger partial charge on any atom is 0.151 e. The predicted molar refractivity (Wildman–Crippen MR) is 69.5 cm³/mol. The Labute approximate surface area is 104 Å². The van der Waals surface area contributed by atoms with Gasteiger partial charge in [-0.05, 0) is 19.1 Å². The van der Waals surface area contributed by atoms with Crippen molar-refractivity contribution in [3.05, 3.63) is 23.8 Å². The molecule has 1 aliphatic heterocycles. The van der Waals surface area contributed by atoms with E-state index in [9.17, 15) is 8.78 Å². The van der Waals surface area contributed by atoms with E-state index in [4.69, 9.17) is 5.73 Å². The minimum absolute atomic E-state index is 0.0545. The van der Waals surface area contributed by atoms with Gasteiger partial charge in [0.15, 0.2) is 11.6 Å². The number of nitrogen functional groups attached to an aromatic ring is 1. The second kappa shape index (κ2) is 4.72. The van der Waals surface area contributed by atoms with Gasteiger partial charge in [0.2, 0.25) is 0 Å². The maximum absolute atomic E-state index is 13.8.